The van der Waals surface area contributed by atoms with Gasteiger partial charge < -0.3 is 9.84 Å². The molecule has 1 unspecified atom stereocenters. The number of hydrogen-bond donors (Lipinski definition) is 1. The first-order valence-corrected chi connectivity index (χ1v) is 6.28. The highest BCUT2D eigenvalue weighted by Crippen LogP contribution is 2.32. The lowest BCUT2D eigenvalue weighted by Crippen LogP contribution is -2.12. The number of hydrogen-bond acceptors (Lipinski definition) is 4. The quantitative estimate of drug-likeness (QED) is 0.919. The van der Waals surface area contributed by atoms with E-state index in [0.29, 0.717) is 11.5 Å². The molecule has 3 rings (SSSR count). The molecule has 1 aliphatic rings. The molecule has 0 aliphatic carbocycles. The summed E-state index contributed by atoms with van der Waals surface area (Å²) in [5.74, 6) is 0.606. The number of alkyl halides is 3. The van der Waals surface area contributed by atoms with Crippen LogP contribution in [-0.4, -0.2) is 16.7 Å². The highest BCUT2D eigenvalue weighted by molar-refractivity contribution is 5.55. The van der Waals surface area contributed by atoms with Crippen LogP contribution in [0.5, 0.6) is 0 Å². The van der Waals surface area contributed by atoms with Crippen LogP contribution in [0.25, 0.3) is 11.4 Å². The van der Waals surface area contributed by atoms with E-state index in [4.69, 9.17) is 4.52 Å². The number of benzene rings is 1. The fraction of sp³-hybridized carbons (Fsp3) is 0.385. The van der Waals surface area contributed by atoms with Gasteiger partial charge >= 0.3 is 6.18 Å². The molecule has 0 amide bonds. The van der Waals surface area contributed by atoms with E-state index in [-0.39, 0.29) is 11.9 Å². The standard InChI is InChI=1S/C13H12F3N3O/c14-13(15,16)9-4-1-3-8(7-9)11-18-12(20-19-11)10-5-2-6-17-10/h1,3-4,7,10,17H,2,5-6H2. The first-order chi connectivity index (χ1) is 9.54. The van der Waals surface area contributed by atoms with Crippen LogP contribution in [0.3, 0.4) is 0 Å². The first-order valence-electron chi connectivity index (χ1n) is 6.28. The van der Waals surface area contributed by atoms with Gasteiger partial charge in [-0.15, -0.1) is 0 Å². The van der Waals surface area contributed by atoms with Gasteiger partial charge in [-0.3, -0.25) is 0 Å². The average molecular weight is 283 g/mol. The normalized spacial score (nSPS) is 19.4. The SMILES string of the molecule is FC(F)(F)c1cccc(-c2noc(C3CCCN3)n2)c1. The number of halogens is 3. The van der Waals surface area contributed by atoms with Gasteiger partial charge in [0.2, 0.25) is 11.7 Å². The smallest absolute Gasteiger partial charge is 0.337 e. The van der Waals surface area contributed by atoms with Gasteiger partial charge in [-0.05, 0) is 31.5 Å². The monoisotopic (exact) mass is 283 g/mol. The predicted molar refractivity (Wildman–Crippen MR) is 64.7 cm³/mol. The van der Waals surface area contributed by atoms with Crippen molar-refractivity contribution in [3.63, 3.8) is 0 Å². The summed E-state index contributed by atoms with van der Waals surface area (Å²) in [6.07, 6.45) is -2.47. The van der Waals surface area contributed by atoms with E-state index in [9.17, 15) is 13.2 Å². The summed E-state index contributed by atoms with van der Waals surface area (Å²) < 4.78 is 43.1. The zero-order valence-corrected chi connectivity index (χ0v) is 10.4. The Morgan fingerprint density at radius 2 is 2.15 bits per heavy atom. The van der Waals surface area contributed by atoms with E-state index in [1.807, 2.05) is 0 Å². The van der Waals surface area contributed by atoms with Gasteiger partial charge in [0, 0.05) is 5.56 Å². The van der Waals surface area contributed by atoms with E-state index in [2.05, 4.69) is 15.5 Å². The number of nitrogens with one attached hydrogen (secondary N) is 1. The molecule has 20 heavy (non-hydrogen) atoms. The van der Waals surface area contributed by atoms with Gasteiger partial charge in [0.15, 0.2) is 0 Å². The topological polar surface area (TPSA) is 51.0 Å². The van der Waals surface area contributed by atoms with Crippen molar-refractivity contribution >= 4 is 0 Å². The average Bonchev–Trinajstić information content (AvgIpc) is 3.09. The second-order valence-corrected chi connectivity index (χ2v) is 4.68. The van der Waals surface area contributed by atoms with Crippen molar-refractivity contribution in [1.29, 1.82) is 0 Å². The van der Waals surface area contributed by atoms with E-state index in [0.717, 1.165) is 31.5 Å². The van der Waals surface area contributed by atoms with Crippen molar-refractivity contribution in [2.45, 2.75) is 25.1 Å². The van der Waals surface area contributed by atoms with Crippen molar-refractivity contribution in [3.8, 4) is 11.4 Å². The Balaban J connectivity index is 1.89. The van der Waals surface area contributed by atoms with Crippen LogP contribution in [0.15, 0.2) is 28.8 Å². The molecule has 1 aromatic heterocycles. The van der Waals surface area contributed by atoms with Gasteiger partial charge in [0.1, 0.15) is 0 Å². The highest BCUT2D eigenvalue weighted by Gasteiger charge is 2.31. The molecule has 2 heterocycles. The molecular weight excluding hydrogens is 271 g/mol. The van der Waals surface area contributed by atoms with E-state index >= 15 is 0 Å². The predicted octanol–water partition coefficient (Wildman–Crippen LogP) is 3.18. The lowest BCUT2D eigenvalue weighted by Gasteiger charge is -2.06. The van der Waals surface area contributed by atoms with Crippen LogP contribution in [-0.2, 0) is 6.18 Å². The highest BCUT2D eigenvalue weighted by atomic mass is 19.4. The molecule has 0 bridgehead atoms. The molecule has 2 aromatic rings. The molecule has 1 saturated heterocycles. The number of rotatable bonds is 2. The molecule has 0 radical (unpaired) electrons. The summed E-state index contributed by atoms with van der Waals surface area (Å²) >= 11 is 0. The molecule has 1 aromatic carbocycles. The van der Waals surface area contributed by atoms with E-state index < -0.39 is 11.7 Å². The Kier molecular flexibility index (Phi) is 3.21. The van der Waals surface area contributed by atoms with Gasteiger partial charge in [-0.2, -0.15) is 18.2 Å². The minimum Gasteiger partial charge on any atom is -0.337 e. The lowest BCUT2D eigenvalue weighted by atomic mass is 10.1. The second kappa shape index (κ2) is 4.90. The molecule has 7 heteroatoms. The lowest BCUT2D eigenvalue weighted by molar-refractivity contribution is -0.137. The fourth-order valence-electron chi connectivity index (χ4n) is 2.22. The van der Waals surface area contributed by atoms with Gasteiger partial charge in [0.25, 0.3) is 0 Å². The summed E-state index contributed by atoms with van der Waals surface area (Å²) in [5.41, 5.74) is -0.423. The maximum atomic E-state index is 12.7. The third kappa shape index (κ3) is 2.53. The van der Waals surface area contributed by atoms with Crippen LogP contribution >= 0.6 is 0 Å². The molecule has 4 nitrogen and oxygen atoms in total. The molecule has 1 atom stereocenters. The second-order valence-electron chi connectivity index (χ2n) is 4.68. The molecule has 1 fully saturated rings. The van der Waals surface area contributed by atoms with Gasteiger partial charge in [-0.25, -0.2) is 0 Å². The maximum Gasteiger partial charge on any atom is 0.416 e. The Bertz CT molecular complexity index is 603. The summed E-state index contributed by atoms with van der Waals surface area (Å²) in [7, 11) is 0. The summed E-state index contributed by atoms with van der Waals surface area (Å²) in [4.78, 5) is 4.18. The third-order valence-electron chi connectivity index (χ3n) is 3.25. The minimum atomic E-state index is -4.38. The van der Waals surface area contributed by atoms with Crippen molar-refractivity contribution in [2.75, 3.05) is 6.54 Å². The van der Waals surface area contributed by atoms with Crippen LogP contribution < -0.4 is 5.32 Å². The van der Waals surface area contributed by atoms with Crippen LogP contribution in [0.4, 0.5) is 13.2 Å². The van der Waals surface area contributed by atoms with E-state index in [1.54, 1.807) is 0 Å². The zero-order valence-electron chi connectivity index (χ0n) is 10.4. The Morgan fingerprint density at radius 1 is 1.30 bits per heavy atom. The van der Waals surface area contributed by atoms with Crippen molar-refractivity contribution < 1.29 is 17.7 Å². The van der Waals surface area contributed by atoms with Crippen molar-refractivity contribution in [3.05, 3.63) is 35.7 Å². The molecule has 106 valence electrons. The Hall–Kier alpha value is -1.89. The van der Waals surface area contributed by atoms with Crippen molar-refractivity contribution in [1.82, 2.24) is 15.5 Å². The van der Waals surface area contributed by atoms with E-state index in [1.165, 1.54) is 12.1 Å². The van der Waals surface area contributed by atoms with Crippen LogP contribution in [0.1, 0.15) is 30.3 Å². The molecule has 1 aliphatic heterocycles. The summed E-state index contributed by atoms with van der Waals surface area (Å²) in [5, 5.41) is 6.96. The van der Waals surface area contributed by atoms with Crippen LogP contribution in [0.2, 0.25) is 0 Å². The van der Waals surface area contributed by atoms with Gasteiger partial charge in [0.05, 0.1) is 11.6 Å². The van der Waals surface area contributed by atoms with Gasteiger partial charge in [-0.1, -0.05) is 17.3 Å². The maximum absolute atomic E-state index is 12.7. The number of aromatic nitrogens is 2. The first kappa shape index (κ1) is 13.1. The Morgan fingerprint density at radius 3 is 2.85 bits per heavy atom. The molecule has 1 N–H and O–H groups in total. The number of nitrogens with zero attached hydrogens (tertiary/aromatic N) is 2. The fourth-order valence-corrected chi connectivity index (χ4v) is 2.22. The Labute approximate surface area is 113 Å². The van der Waals surface area contributed by atoms with Crippen LogP contribution in [0, 0.1) is 0 Å². The minimum absolute atomic E-state index is 0.00190. The summed E-state index contributed by atoms with van der Waals surface area (Å²) in [6, 6.07) is 4.91. The summed E-state index contributed by atoms with van der Waals surface area (Å²) in [6.45, 7) is 0.881. The van der Waals surface area contributed by atoms with Crippen molar-refractivity contribution in [2.24, 2.45) is 0 Å². The molecular formula is C13H12F3N3O. The largest absolute Gasteiger partial charge is 0.416 e. The third-order valence-corrected chi connectivity index (χ3v) is 3.25. The molecule has 0 saturated carbocycles. The zero-order chi connectivity index (χ0) is 14.2. The molecule has 0 spiro atoms.